The van der Waals surface area contributed by atoms with Gasteiger partial charge in [-0.05, 0) is 41.5 Å². The zero-order valence-electron chi connectivity index (χ0n) is 16.4. The lowest BCUT2D eigenvalue weighted by atomic mass is 10.1. The highest BCUT2D eigenvalue weighted by Gasteiger charge is 2.19. The van der Waals surface area contributed by atoms with Gasteiger partial charge in [0.25, 0.3) is 5.56 Å². The third-order valence-electron chi connectivity index (χ3n) is 4.82. The number of para-hydroxylation sites is 1. The third-order valence-corrected chi connectivity index (χ3v) is 5.77. The Balaban J connectivity index is 1.77. The Hall–Kier alpha value is -3.00. The Morgan fingerprint density at radius 3 is 2.62 bits per heavy atom. The van der Waals surface area contributed by atoms with Crippen molar-refractivity contribution in [3.63, 3.8) is 0 Å². The molecule has 148 valence electrons. The Bertz CT molecular complexity index is 1170. The second-order valence-corrected chi connectivity index (χ2v) is 7.72. The predicted molar refractivity (Wildman–Crippen MR) is 114 cm³/mol. The van der Waals surface area contributed by atoms with Crippen LogP contribution in [0.5, 0.6) is 0 Å². The van der Waals surface area contributed by atoms with Crippen LogP contribution in [0.15, 0.2) is 64.5 Å². The number of aryl methyl sites for hydroxylation is 1. The molecule has 4 rings (SSSR count). The van der Waals surface area contributed by atoms with E-state index in [4.69, 9.17) is 4.98 Å². The second-order valence-electron chi connectivity index (χ2n) is 6.78. The van der Waals surface area contributed by atoms with Crippen molar-refractivity contribution < 1.29 is 0 Å². The number of benzene rings is 2. The number of hydrogen-bond acceptors (Lipinski definition) is 6. The molecule has 0 aliphatic rings. The minimum absolute atomic E-state index is 0.0393. The van der Waals surface area contributed by atoms with E-state index in [-0.39, 0.29) is 11.6 Å². The molecular weight excluding hydrogens is 384 g/mol. The number of thioether (sulfide) groups is 1. The van der Waals surface area contributed by atoms with E-state index in [1.165, 1.54) is 11.8 Å². The highest BCUT2D eigenvalue weighted by atomic mass is 32.2. The number of rotatable bonds is 7. The van der Waals surface area contributed by atoms with Crippen molar-refractivity contribution in [1.29, 1.82) is 0 Å². The summed E-state index contributed by atoms with van der Waals surface area (Å²) >= 11 is 1.49. The van der Waals surface area contributed by atoms with Gasteiger partial charge in [0.2, 0.25) is 0 Å². The van der Waals surface area contributed by atoms with E-state index in [2.05, 4.69) is 22.4 Å². The first-order chi connectivity index (χ1) is 14.2. The summed E-state index contributed by atoms with van der Waals surface area (Å²) in [7, 11) is 0. The fraction of sp³-hybridized carbons (Fsp3) is 0.286. The van der Waals surface area contributed by atoms with Crippen LogP contribution in [0.2, 0.25) is 0 Å². The van der Waals surface area contributed by atoms with Gasteiger partial charge >= 0.3 is 0 Å². The van der Waals surface area contributed by atoms with E-state index in [1.54, 1.807) is 9.25 Å². The lowest BCUT2D eigenvalue weighted by Gasteiger charge is -2.20. The fourth-order valence-electron chi connectivity index (χ4n) is 3.29. The Kier molecular flexibility index (Phi) is 5.71. The van der Waals surface area contributed by atoms with E-state index < -0.39 is 0 Å². The summed E-state index contributed by atoms with van der Waals surface area (Å²) < 4.78 is 3.58. The molecule has 0 bridgehead atoms. The van der Waals surface area contributed by atoms with Gasteiger partial charge in [0.1, 0.15) is 0 Å². The van der Waals surface area contributed by atoms with Gasteiger partial charge in [0.15, 0.2) is 11.0 Å². The van der Waals surface area contributed by atoms with Crippen LogP contribution >= 0.6 is 11.8 Å². The predicted octanol–water partition coefficient (Wildman–Crippen LogP) is 3.69. The standard InChI is InChI=1S/C21H22N6OS/c1-3-13-26-19(23-24-25-26)14-29-21-22-18-12-8-7-11-17(18)20(28)27(21)15(2)16-9-5-4-6-10-16/h4-12,15H,3,13-14H2,1-2H3/t15-/m0/s1. The molecule has 8 heteroatoms. The topological polar surface area (TPSA) is 78.5 Å². The molecule has 0 unspecified atom stereocenters. The van der Waals surface area contributed by atoms with Gasteiger partial charge in [-0.2, -0.15) is 0 Å². The number of tetrazole rings is 1. The van der Waals surface area contributed by atoms with Gasteiger partial charge in [-0.1, -0.05) is 61.2 Å². The van der Waals surface area contributed by atoms with Crippen LogP contribution in [0.3, 0.4) is 0 Å². The molecule has 0 spiro atoms. The zero-order valence-corrected chi connectivity index (χ0v) is 17.2. The van der Waals surface area contributed by atoms with Gasteiger partial charge in [-0.3, -0.25) is 9.36 Å². The molecule has 0 saturated heterocycles. The van der Waals surface area contributed by atoms with E-state index in [0.717, 1.165) is 24.4 Å². The van der Waals surface area contributed by atoms with Gasteiger partial charge < -0.3 is 0 Å². The van der Waals surface area contributed by atoms with Gasteiger partial charge in [-0.15, -0.1) is 5.10 Å². The lowest BCUT2D eigenvalue weighted by molar-refractivity contribution is 0.547. The van der Waals surface area contributed by atoms with Gasteiger partial charge in [0, 0.05) is 6.54 Å². The van der Waals surface area contributed by atoms with Crippen molar-refractivity contribution in [3.8, 4) is 0 Å². The largest absolute Gasteiger partial charge is 0.280 e. The van der Waals surface area contributed by atoms with Crippen LogP contribution in [0.1, 0.15) is 37.7 Å². The molecule has 7 nitrogen and oxygen atoms in total. The second kappa shape index (κ2) is 8.57. The number of nitrogens with zero attached hydrogens (tertiary/aromatic N) is 6. The molecule has 0 radical (unpaired) electrons. The molecule has 29 heavy (non-hydrogen) atoms. The summed E-state index contributed by atoms with van der Waals surface area (Å²) in [5.74, 6) is 1.32. The highest BCUT2D eigenvalue weighted by Crippen LogP contribution is 2.26. The first-order valence-electron chi connectivity index (χ1n) is 9.63. The summed E-state index contributed by atoms with van der Waals surface area (Å²) in [4.78, 5) is 18.2. The molecule has 0 aliphatic carbocycles. The summed E-state index contributed by atoms with van der Waals surface area (Å²) in [5.41, 5.74) is 1.72. The number of fused-ring (bicyclic) bond motifs is 1. The molecule has 2 heterocycles. The number of hydrogen-bond donors (Lipinski definition) is 0. The lowest BCUT2D eigenvalue weighted by Crippen LogP contribution is -2.27. The van der Waals surface area contributed by atoms with E-state index in [9.17, 15) is 4.79 Å². The highest BCUT2D eigenvalue weighted by molar-refractivity contribution is 7.98. The molecular formula is C21H22N6OS. The van der Waals surface area contributed by atoms with Crippen molar-refractivity contribution in [2.75, 3.05) is 0 Å². The molecule has 0 N–H and O–H groups in total. The van der Waals surface area contributed by atoms with Gasteiger partial charge in [0.05, 0.1) is 22.7 Å². The van der Waals surface area contributed by atoms with Crippen LogP contribution in [-0.4, -0.2) is 29.8 Å². The smallest absolute Gasteiger partial charge is 0.262 e. The molecule has 2 aromatic heterocycles. The Morgan fingerprint density at radius 1 is 1.07 bits per heavy atom. The molecule has 0 fully saturated rings. The van der Waals surface area contributed by atoms with Gasteiger partial charge in [-0.25, -0.2) is 9.67 Å². The monoisotopic (exact) mass is 406 g/mol. The maximum atomic E-state index is 13.4. The summed E-state index contributed by atoms with van der Waals surface area (Å²) in [6.07, 6.45) is 0.951. The van der Waals surface area contributed by atoms with Crippen molar-refractivity contribution in [3.05, 3.63) is 76.3 Å². The van der Waals surface area contributed by atoms with Crippen LogP contribution in [0, 0.1) is 0 Å². The quantitative estimate of drug-likeness (QED) is 0.344. The zero-order chi connectivity index (χ0) is 20.2. The summed E-state index contributed by atoms with van der Waals surface area (Å²) in [6, 6.07) is 17.3. The Labute approximate surface area is 172 Å². The van der Waals surface area contributed by atoms with Crippen molar-refractivity contribution in [2.24, 2.45) is 0 Å². The molecule has 0 aliphatic heterocycles. The summed E-state index contributed by atoms with van der Waals surface area (Å²) in [6.45, 7) is 4.88. The number of aromatic nitrogens is 6. The average molecular weight is 407 g/mol. The molecule has 0 saturated carbocycles. The van der Waals surface area contributed by atoms with E-state index in [0.29, 0.717) is 21.8 Å². The van der Waals surface area contributed by atoms with Crippen LogP contribution < -0.4 is 5.56 Å². The van der Waals surface area contributed by atoms with E-state index >= 15 is 0 Å². The van der Waals surface area contributed by atoms with Crippen molar-refractivity contribution >= 4 is 22.7 Å². The maximum absolute atomic E-state index is 13.4. The molecule has 0 amide bonds. The van der Waals surface area contributed by atoms with Crippen molar-refractivity contribution in [2.45, 2.75) is 43.8 Å². The average Bonchev–Trinajstić information content (AvgIpc) is 3.20. The van der Waals surface area contributed by atoms with E-state index in [1.807, 2.05) is 61.5 Å². The Morgan fingerprint density at radius 2 is 1.83 bits per heavy atom. The van der Waals surface area contributed by atoms with Crippen molar-refractivity contribution in [1.82, 2.24) is 29.8 Å². The molecule has 2 aromatic carbocycles. The van der Waals surface area contributed by atoms with Crippen LogP contribution in [0.4, 0.5) is 0 Å². The first-order valence-corrected chi connectivity index (χ1v) is 10.6. The minimum atomic E-state index is -0.144. The summed E-state index contributed by atoms with van der Waals surface area (Å²) in [5, 5.41) is 13.2. The molecule has 1 atom stereocenters. The maximum Gasteiger partial charge on any atom is 0.262 e. The minimum Gasteiger partial charge on any atom is -0.280 e. The SMILES string of the molecule is CCCn1nnnc1CSc1nc2ccccc2c(=O)n1[C@@H](C)c1ccccc1. The third kappa shape index (κ3) is 3.93. The first kappa shape index (κ1) is 19.3. The van der Waals surface area contributed by atoms with Crippen LogP contribution in [0.25, 0.3) is 10.9 Å². The normalized spacial score (nSPS) is 12.3. The fourth-order valence-corrected chi connectivity index (χ4v) is 4.30. The van der Waals surface area contributed by atoms with Crippen LogP contribution in [-0.2, 0) is 12.3 Å². The molecule has 4 aromatic rings.